The molecule has 1 aliphatic heterocycles. The number of nitrogens with zero attached hydrogens (tertiary/aromatic N) is 1. The standard InChI is InChI=1S/C14H17NO4/c1-19-14(18)11-6-4-10(5-7-11)9-15-8-2-3-12(15)13(16)17/h4-7,12H,2-3,8-9H2,1H3,(H,16,17). The molecule has 5 nitrogen and oxygen atoms in total. The molecule has 1 heterocycles. The molecular formula is C14H17NO4. The van der Waals surface area contributed by atoms with Gasteiger partial charge < -0.3 is 9.84 Å². The molecule has 0 radical (unpaired) electrons. The van der Waals surface area contributed by atoms with Gasteiger partial charge in [-0.25, -0.2) is 4.79 Å². The summed E-state index contributed by atoms with van der Waals surface area (Å²) >= 11 is 0. The Kier molecular flexibility index (Phi) is 4.16. The third-order valence-electron chi connectivity index (χ3n) is 3.41. The zero-order valence-corrected chi connectivity index (χ0v) is 10.8. The number of hydrogen-bond donors (Lipinski definition) is 1. The van der Waals surface area contributed by atoms with Crippen LogP contribution in [0.4, 0.5) is 0 Å². The molecule has 102 valence electrons. The predicted octanol–water partition coefficient (Wildman–Crippen LogP) is 1.52. The van der Waals surface area contributed by atoms with Crippen LogP contribution in [0.3, 0.4) is 0 Å². The summed E-state index contributed by atoms with van der Waals surface area (Å²) in [4.78, 5) is 24.3. The van der Waals surface area contributed by atoms with Gasteiger partial charge in [-0.1, -0.05) is 12.1 Å². The minimum atomic E-state index is -0.760. The van der Waals surface area contributed by atoms with Gasteiger partial charge in [-0.2, -0.15) is 0 Å². The molecule has 0 bridgehead atoms. The van der Waals surface area contributed by atoms with E-state index in [9.17, 15) is 9.59 Å². The van der Waals surface area contributed by atoms with Crippen LogP contribution in [0.2, 0.25) is 0 Å². The Morgan fingerprint density at radius 2 is 2.05 bits per heavy atom. The molecular weight excluding hydrogens is 246 g/mol. The van der Waals surface area contributed by atoms with E-state index in [0.29, 0.717) is 18.5 Å². The summed E-state index contributed by atoms with van der Waals surface area (Å²) in [6, 6.07) is 6.69. The van der Waals surface area contributed by atoms with E-state index in [1.54, 1.807) is 12.1 Å². The summed E-state index contributed by atoms with van der Waals surface area (Å²) in [7, 11) is 1.35. The van der Waals surface area contributed by atoms with E-state index in [1.807, 2.05) is 17.0 Å². The first-order chi connectivity index (χ1) is 9.11. The highest BCUT2D eigenvalue weighted by Crippen LogP contribution is 2.20. The van der Waals surface area contributed by atoms with E-state index in [2.05, 4.69) is 4.74 Å². The number of carbonyl (C=O) groups excluding carboxylic acids is 1. The fourth-order valence-corrected chi connectivity index (χ4v) is 2.39. The number of hydrogen-bond acceptors (Lipinski definition) is 4. The largest absolute Gasteiger partial charge is 0.480 e. The van der Waals surface area contributed by atoms with E-state index in [1.165, 1.54) is 7.11 Å². The summed E-state index contributed by atoms with van der Waals surface area (Å²) in [6.07, 6.45) is 1.62. The second-order valence-corrected chi connectivity index (χ2v) is 4.66. The second-order valence-electron chi connectivity index (χ2n) is 4.66. The Morgan fingerprint density at radius 3 is 2.63 bits per heavy atom. The molecule has 0 amide bonds. The van der Waals surface area contributed by atoms with Crippen molar-refractivity contribution in [2.75, 3.05) is 13.7 Å². The number of methoxy groups -OCH3 is 1. The summed E-state index contributed by atoms with van der Waals surface area (Å²) in [5.74, 6) is -1.13. The van der Waals surface area contributed by atoms with Gasteiger partial charge in [-0.05, 0) is 37.1 Å². The number of likely N-dealkylation sites (tertiary alicyclic amines) is 1. The van der Waals surface area contributed by atoms with E-state index < -0.39 is 5.97 Å². The number of rotatable bonds is 4. The molecule has 1 fully saturated rings. The van der Waals surface area contributed by atoms with Crippen LogP contribution in [0.25, 0.3) is 0 Å². The molecule has 0 aliphatic carbocycles. The van der Waals surface area contributed by atoms with E-state index in [-0.39, 0.29) is 12.0 Å². The average Bonchev–Trinajstić information content (AvgIpc) is 2.87. The Hall–Kier alpha value is -1.88. The zero-order chi connectivity index (χ0) is 13.8. The summed E-state index contributed by atoms with van der Waals surface area (Å²) in [6.45, 7) is 1.40. The first-order valence-corrected chi connectivity index (χ1v) is 6.26. The van der Waals surface area contributed by atoms with Crippen LogP contribution in [0.1, 0.15) is 28.8 Å². The van der Waals surface area contributed by atoms with Crippen molar-refractivity contribution in [1.29, 1.82) is 0 Å². The number of aliphatic carboxylic acids is 1. The molecule has 19 heavy (non-hydrogen) atoms. The number of carbonyl (C=O) groups is 2. The molecule has 0 saturated carbocycles. The van der Waals surface area contributed by atoms with Crippen LogP contribution in [0.5, 0.6) is 0 Å². The topological polar surface area (TPSA) is 66.8 Å². The van der Waals surface area contributed by atoms with Crippen molar-refractivity contribution >= 4 is 11.9 Å². The molecule has 1 saturated heterocycles. The van der Waals surface area contributed by atoms with Crippen LogP contribution < -0.4 is 0 Å². The number of benzene rings is 1. The highest BCUT2D eigenvalue weighted by atomic mass is 16.5. The van der Waals surface area contributed by atoms with Crippen LogP contribution in [-0.4, -0.2) is 41.6 Å². The first-order valence-electron chi connectivity index (χ1n) is 6.26. The van der Waals surface area contributed by atoms with Crippen molar-refractivity contribution in [2.24, 2.45) is 0 Å². The Balaban J connectivity index is 2.03. The van der Waals surface area contributed by atoms with Gasteiger partial charge in [-0.15, -0.1) is 0 Å². The van der Waals surface area contributed by atoms with Crippen molar-refractivity contribution in [2.45, 2.75) is 25.4 Å². The van der Waals surface area contributed by atoms with Gasteiger partial charge in [0.15, 0.2) is 0 Å². The summed E-state index contributed by atoms with van der Waals surface area (Å²) in [5, 5.41) is 9.11. The monoisotopic (exact) mass is 263 g/mol. The van der Waals surface area contributed by atoms with Gasteiger partial charge in [0, 0.05) is 6.54 Å². The van der Waals surface area contributed by atoms with Gasteiger partial charge in [0.1, 0.15) is 6.04 Å². The number of carboxylic acid groups (broad SMARTS) is 1. The van der Waals surface area contributed by atoms with Crippen molar-refractivity contribution in [3.8, 4) is 0 Å². The van der Waals surface area contributed by atoms with Gasteiger partial charge in [0.2, 0.25) is 0 Å². The minimum Gasteiger partial charge on any atom is -0.480 e. The maximum atomic E-state index is 11.3. The summed E-state index contributed by atoms with van der Waals surface area (Å²) < 4.78 is 4.63. The predicted molar refractivity (Wildman–Crippen MR) is 68.8 cm³/mol. The average molecular weight is 263 g/mol. The maximum absolute atomic E-state index is 11.3. The molecule has 2 rings (SSSR count). The molecule has 1 unspecified atom stereocenters. The Morgan fingerprint density at radius 1 is 1.37 bits per heavy atom. The lowest BCUT2D eigenvalue weighted by Gasteiger charge is -2.20. The van der Waals surface area contributed by atoms with Gasteiger partial charge in [-0.3, -0.25) is 9.69 Å². The fourth-order valence-electron chi connectivity index (χ4n) is 2.39. The number of ether oxygens (including phenoxy) is 1. The first kappa shape index (κ1) is 13.5. The van der Waals surface area contributed by atoms with Crippen molar-refractivity contribution in [1.82, 2.24) is 4.90 Å². The van der Waals surface area contributed by atoms with Crippen LogP contribution in [0.15, 0.2) is 24.3 Å². The van der Waals surface area contributed by atoms with E-state index >= 15 is 0 Å². The summed E-state index contributed by atoms with van der Waals surface area (Å²) in [5.41, 5.74) is 1.50. The van der Waals surface area contributed by atoms with E-state index in [4.69, 9.17) is 5.11 Å². The molecule has 0 aromatic heterocycles. The van der Waals surface area contributed by atoms with Crippen molar-refractivity contribution in [3.63, 3.8) is 0 Å². The van der Waals surface area contributed by atoms with Crippen molar-refractivity contribution in [3.05, 3.63) is 35.4 Å². The Bertz CT molecular complexity index is 469. The normalized spacial score (nSPS) is 19.3. The third-order valence-corrected chi connectivity index (χ3v) is 3.41. The lowest BCUT2D eigenvalue weighted by molar-refractivity contribution is -0.142. The lowest BCUT2D eigenvalue weighted by atomic mass is 10.1. The molecule has 1 aliphatic rings. The van der Waals surface area contributed by atoms with E-state index in [0.717, 1.165) is 18.5 Å². The SMILES string of the molecule is COC(=O)c1ccc(CN2CCCC2C(=O)O)cc1. The molecule has 1 aromatic carbocycles. The maximum Gasteiger partial charge on any atom is 0.337 e. The quantitative estimate of drug-likeness (QED) is 0.834. The second kappa shape index (κ2) is 5.84. The lowest BCUT2D eigenvalue weighted by Crippen LogP contribution is -2.35. The van der Waals surface area contributed by atoms with Gasteiger partial charge >= 0.3 is 11.9 Å². The number of esters is 1. The smallest absolute Gasteiger partial charge is 0.337 e. The Labute approximate surface area is 111 Å². The minimum absolute atomic E-state index is 0.365. The molecule has 1 N–H and O–H groups in total. The van der Waals surface area contributed by atoms with Crippen LogP contribution >= 0.6 is 0 Å². The van der Waals surface area contributed by atoms with Crippen LogP contribution in [0, 0.1) is 0 Å². The molecule has 1 aromatic rings. The highest BCUT2D eigenvalue weighted by Gasteiger charge is 2.30. The highest BCUT2D eigenvalue weighted by molar-refractivity contribution is 5.89. The van der Waals surface area contributed by atoms with Gasteiger partial charge in [0.05, 0.1) is 12.7 Å². The third kappa shape index (κ3) is 3.12. The zero-order valence-electron chi connectivity index (χ0n) is 10.8. The molecule has 5 heteroatoms. The molecule has 0 spiro atoms. The fraction of sp³-hybridized carbons (Fsp3) is 0.429. The molecule has 1 atom stereocenters. The van der Waals surface area contributed by atoms with Gasteiger partial charge in [0.25, 0.3) is 0 Å². The number of carboxylic acids is 1. The van der Waals surface area contributed by atoms with Crippen LogP contribution in [-0.2, 0) is 16.1 Å². The van der Waals surface area contributed by atoms with Crippen molar-refractivity contribution < 1.29 is 19.4 Å².